The smallest absolute Gasteiger partial charge is 0.323 e. The number of urea groups is 1. The summed E-state index contributed by atoms with van der Waals surface area (Å²) >= 11 is 1.76. The third-order valence-corrected chi connectivity index (χ3v) is 6.48. The maximum Gasteiger partial charge on any atom is 0.326 e. The lowest BCUT2D eigenvalue weighted by Gasteiger charge is -2.31. The van der Waals surface area contributed by atoms with E-state index in [0.717, 1.165) is 51.5 Å². The van der Waals surface area contributed by atoms with Gasteiger partial charge in [-0.1, -0.05) is 25.3 Å². The van der Waals surface area contributed by atoms with Crippen LogP contribution in [-0.2, 0) is 4.79 Å². The van der Waals surface area contributed by atoms with Crippen molar-refractivity contribution in [1.82, 2.24) is 15.1 Å². The van der Waals surface area contributed by atoms with Gasteiger partial charge in [-0.05, 0) is 37.1 Å². The van der Waals surface area contributed by atoms with E-state index < -0.39 is 5.54 Å². The molecule has 0 unspecified atom stereocenters. The van der Waals surface area contributed by atoms with E-state index >= 15 is 0 Å². The second-order valence-corrected chi connectivity index (χ2v) is 7.91. The Labute approximate surface area is 140 Å². The first-order chi connectivity index (χ1) is 11.2. The predicted octanol–water partition coefficient (Wildman–Crippen LogP) is 3.10. The first-order valence-corrected chi connectivity index (χ1v) is 9.49. The van der Waals surface area contributed by atoms with Crippen molar-refractivity contribution in [1.29, 1.82) is 0 Å². The summed E-state index contributed by atoms with van der Waals surface area (Å²) in [6.07, 6.45) is 7.04. The van der Waals surface area contributed by atoms with Gasteiger partial charge in [0.25, 0.3) is 5.91 Å². The summed E-state index contributed by atoms with van der Waals surface area (Å²) in [5, 5.41) is 5.10. The molecular formula is C17H23N3O2S. The number of nitrogens with zero attached hydrogens (tertiary/aromatic N) is 2. The number of rotatable bonds is 3. The standard InChI is InChI=1S/C17H23N3O2S/c21-15-17(8-2-1-3-9-17)18-16(22)20(15)12-19-10-4-6-13(19)14-7-5-11-23-14/h5,7,11,13H,1-4,6,8-10,12H2,(H,18,22)/t13-/m0/s1. The molecule has 1 atom stereocenters. The van der Waals surface area contributed by atoms with E-state index in [4.69, 9.17) is 0 Å². The minimum Gasteiger partial charge on any atom is -0.323 e. The molecule has 3 aliphatic rings. The number of likely N-dealkylation sites (tertiary alicyclic amines) is 1. The molecule has 1 saturated carbocycles. The first kappa shape index (κ1) is 15.1. The molecule has 124 valence electrons. The Bertz CT molecular complexity index is 595. The second-order valence-electron chi connectivity index (χ2n) is 6.93. The molecule has 5 nitrogen and oxygen atoms in total. The molecule has 3 heterocycles. The summed E-state index contributed by atoms with van der Waals surface area (Å²) in [4.78, 5) is 30.4. The van der Waals surface area contributed by atoms with Gasteiger partial charge >= 0.3 is 6.03 Å². The molecule has 1 aromatic rings. The van der Waals surface area contributed by atoms with Gasteiger partial charge in [0.15, 0.2) is 0 Å². The number of hydrogen-bond donors (Lipinski definition) is 1. The lowest BCUT2D eigenvalue weighted by Crippen LogP contribution is -2.49. The molecule has 4 rings (SSSR count). The first-order valence-electron chi connectivity index (χ1n) is 8.61. The molecule has 2 aliphatic heterocycles. The van der Waals surface area contributed by atoms with Crippen molar-refractivity contribution in [3.05, 3.63) is 22.4 Å². The molecule has 3 fully saturated rings. The Morgan fingerprint density at radius 3 is 2.78 bits per heavy atom. The zero-order chi connectivity index (χ0) is 15.9. The second kappa shape index (κ2) is 5.91. The van der Waals surface area contributed by atoms with Crippen molar-refractivity contribution in [3.63, 3.8) is 0 Å². The third-order valence-electron chi connectivity index (χ3n) is 5.51. The van der Waals surface area contributed by atoms with Crippen LogP contribution in [0.4, 0.5) is 4.79 Å². The number of carbonyl (C=O) groups is 2. The van der Waals surface area contributed by atoms with E-state index in [9.17, 15) is 9.59 Å². The quantitative estimate of drug-likeness (QED) is 0.865. The maximum absolute atomic E-state index is 12.9. The number of imide groups is 1. The average Bonchev–Trinajstić information content (AvgIpc) is 3.26. The fourth-order valence-corrected chi connectivity index (χ4v) is 5.17. The molecule has 23 heavy (non-hydrogen) atoms. The van der Waals surface area contributed by atoms with Crippen LogP contribution in [0.2, 0.25) is 0 Å². The van der Waals surface area contributed by atoms with E-state index in [1.54, 1.807) is 11.3 Å². The summed E-state index contributed by atoms with van der Waals surface area (Å²) in [5.41, 5.74) is -0.604. The highest BCUT2D eigenvalue weighted by Gasteiger charge is 2.51. The zero-order valence-electron chi connectivity index (χ0n) is 13.3. The van der Waals surface area contributed by atoms with Gasteiger partial charge in [-0.3, -0.25) is 9.69 Å². The molecule has 1 spiro atoms. The topological polar surface area (TPSA) is 52.7 Å². The maximum atomic E-state index is 12.9. The van der Waals surface area contributed by atoms with Crippen LogP contribution in [0.15, 0.2) is 17.5 Å². The molecule has 2 saturated heterocycles. The predicted molar refractivity (Wildman–Crippen MR) is 89.1 cm³/mol. The van der Waals surface area contributed by atoms with Crippen molar-refractivity contribution in [2.45, 2.75) is 56.5 Å². The van der Waals surface area contributed by atoms with Gasteiger partial charge < -0.3 is 5.32 Å². The normalized spacial score (nSPS) is 27.8. The molecule has 0 bridgehead atoms. The van der Waals surface area contributed by atoms with Crippen LogP contribution < -0.4 is 5.32 Å². The highest BCUT2D eigenvalue weighted by molar-refractivity contribution is 7.10. The molecule has 6 heteroatoms. The van der Waals surface area contributed by atoms with E-state index in [1.165, 1.54) is 9.78 Å². The number of carbonyl (C=O) groups excluding carboxylic acids is 2. The molecular weight excluding hydrogens is 310 g/mol. The van der Waals surface area contributed by atoms with E-state index in [0.29, 0.717) is 12.7 Å². The highest BCUT2D eigenvalue weighted by Crippen LogP contribution is 2.37. The van der Waals surface area contributed by atoms with E-state index in [2.05, 4.69) is 27.7 Å². The lowest BCUT2D eigenvalue weighted by molar-refractivity contribution is -0.134. The summed E-state index contributed by atoms with van der Waals surface area (Å²) in [7, 11) is 0. The molecule has 1 aliphatic carbocycles. The number of nitrogens with one attached hydrogen (secondary N) is 1. The van der Waals surface area contributed by atoms with Crippen LogP contribution >= 0.6 is 11.3 Å². The highest BCUT2D eigenvalue weighted by atomic mass is 32.1. The van der Waals surface area contributed by atoms with Gasteiger partial charge in [-0.15, -0.1) is 11.3 Å². The summed E-state index contributed by atoms with van der Waals surface area (Å²) < 4.78 is 0. The number of amides is 3. The third kappa shape index (κ3) is 2.58. The Kier molecular flexibility index (Phi) is 3.89. The average molecular weight is 333 g/mol. The largest absolute Gasteiger partial charge is 0.326 e. The molecule has 0 radical (unpaired) electrons. The summed E-state index contributed by atoms with van der Waals surface area (Å²) in [6.45, 7) is 1.38. The van der Waals surface area contributed by atoms with E-state index in [-0.39, 0.29) is 11.9 Å². The van der Waals surface area contributed by atoms with Crippen molar-refractivity contribution >= 4 is 23.3 Å². The van der Waals surface area contributed by atoms with E-state index in [1.807, 2.05) is 0 Å². The van der Waals surface area contributed by atoms with Gasteiger partial charge in [0, 0.05) is 17.5 Å². The van der Waals surface area contributed by atoms with Crippen LogP contribution in [0.3, 0.4) is 0 Å². The minimum atomic E-state index is -0.604. The molecule has 1 N–H and O–H groups in total. The molecule has 0 aromatic carbocycles. The van der Waals surface area contributed by atoms with Gasteiger partial charge in [0.1, 0.15) is 5.54 Å². The van der Waals surface area contributed by atoms with Crippen LogP contribution in [0.5, 0.6) is 0 Å². The Hall–Kier alpha value is -1.40. The Balaban J connectivity index is 1.50. The molecule has 1 aromatic heterocycles. The van der Waals surface area contributed by atoms with Crippen LogP contribution in [0.25, 0.3) is 0 Å². The molecule has 3 amide bonds. The fraction of sp³-hybridized carbons (Fsp3) is 0.647. The summed E-state index contributed by atoms with van der Waals surface area (Å²) in [6, 6.07) is 4.37. The monoisotopic (exact) mass is 333 g/mol. The van der Waals surface area contributed by atoms with Crippen LogP contribution in [-0.4, -0.2) is 40.5 Å². The number of thiophene rings is 1. The lowest BCUT2D eigenvalue weighted by atomic mass is 9.82. The number of hydrogen-bond acceptors (Lipinski definition) is 4. The Morgan fingerprint density at radius 1 is 1.22 bits per heavy atom. The van der Waals surface area contributed by atoms with Crippen molar-refractivity contribution in [2.24, 2.45) is 0 Å². The van der Waals surface area contributed by atoms with Crippen molar-refractivity contribution < 1.29 is 9.59 Å². The summed E-state index contributed by atoms with van der Waals surface area (Å²) in [5.74, 6) is -0.000899. The van der Waals surface area contributed by atoms with Gasteiger partial charge in [0.2, 0.25) is 0 Å². The zero-order valence-corrected chi connectivity index (χ0v) is 14.1. The van der Waals surface area contributed by atoms with Crippen molar-refractivity contribution in [3.8, 4) is 0 Å². The van der Waals surface area contributed by atoms with Gasteiger partial charge in [0.05, 0.1) is 6.67 Å². The van der Waals surface area contributed by atoms with Crippen LogP contribution in [0, 0.1) is 0 Å². The van der Waals surface area contributed by atoms with Gasteiger partial charge in [-0.2, -0.15) is 0 Å². The Morgan fingerprint density at radius 2 is 2.04 bits per heavy atom. The SMILES string of the molecule is O=C1NC2(CCCCC2)C(=O)N1CN1CCC[C@H]1c1cccs1. The van der Waals surface area contributed by atoms with Crippen molar-refractivity contribution in [2.75, 3.05) is 13.2 Å². The van der Waals surface area contributed by atoms with Crippen LogP contribution in [0.1, 0.15) is 55.9 Å². The van der Waals surface area contributed by atoms with Gasteiger partial charge in [-0.25, -0.2) is 9.69 Å². The minimum absolute atomic E-state index is 0.000899. The fourth-order valence-electron chi connectivity index (χ4n) is 4.28.